The van der Waals surface area contributed by atoms with Gasteiger partial charge in [0.05, 0.1) is 27.3 Å². The molecule has 1 aromatic heterocycles. The number of rotatable bonds is 4. The molecule has 2 N–H and O–H groups in total. The second-order valence-electron chi connectivity index (χ2n) is 7.18. The highest BCUT2D eigenvalue weighted by molar-refractivity contribution is 7.90. The van der Waals surface area contributed by atoms with Crippen molar-refractivity contribution in [2.75, 3.05) is 6.26 Å². The number of hydrogen-bond acceptors (Lipinski definition) is 6. The molecule has 33 heavy (non-hydrogen) atoms. The lowest BCUT2D eigenvalue weighted by molar-refractivity contribution is -0.137. The molecule has 4 rings (SSSR count). The van der Waals surface area contributed by atoms with Crippen molar-refractivity contribution in [2.45, 2.75) is 11.1 Å². The second kappa shape index (κ2) is 7.93. The molecule has 170 valence electrons. The van der Waals surface area contributed by atoms with Crippen LogP contribution in [0, 0.1) is 0 Å². The van der Waals surface area contributed by atoms with Crippen molar-refractivity contribution >= 4 is 9.84 Å². The van der Waals surface area contributed by atoms with Crippen molar-refractivity contribution in [3.05, 3.63) is 72.3 Å². The monoisotopic (exact) mass is 475 g/mol. The molecular weight excluding hydrogens is 459 g/mol. The lowest BCUT2D eigenvalue weighted by Gasteiger charge is -2.08. The SMILES string of the molecule is CS(=O)(=O)c1ccc(-n2nc(-c3ccc(C(F)(F)F)cc3O)nc2-c2ccccc2O)cc1. The third-order valence-corrected chi connectivity index (χ3v) is 5.96. The second-order valence-corrected chi connectivity index (χ2v) is 9.20. The van der Waals surface area contributed by atoms with Gasteiger partial charge in [0.1, 0.15) is 11.5 Å². The first-order valence-corrected chi connectivity index (χ1v) is 11.3. The van der Waals surface area contributed by atoms with E-state index >= 15 is 0 Å². The topological polar surface area (TPSA) is 105 Å². The van der Waals surface area contributed by atoms with Crippen molar-refractivity contribution in [1.29, 1.82) is 0 Å². The molecule has 0 spiro atoms. The van der Waals surface area contributed by atoms with E-state index in [1.165, 1.54) is 35.0 Å². The van der Waals surface area contributed by atoms with Gasteiger partial charge in [-0.25, -0.2) is 18.1 Å². The lowest BCUT2D eigenvalue weighted by atomic mass is 10.1. The van der Waals surface area contributed by atoms with E-state index in [1.807, 2.05) is 0 Å². The van der Waals surface area contributed by atoms with Crippen LogP contribution in [0.25, 0.3) is 28.5 Å². The van der Waals surface area contributed by atoms with Crippen LogP contribution >= 0.6 is 0 Å². The highest BCUT2D eigenvalue weighted by Crippen LogP contribution is 2.37. The van der Waals surface area contributed by atoms with E-state index in [2.05, 4.69) is 10.1 Å². The Bertz CT molecular complexity index is 1450. The Morgan fingerprint density at radius 1 is 0.879 bits per heavy atom. The summed E-state index contributed by atoms with van der Waals surface area (Å²) in [7, 11) is -3.44. The van der Waals surface area contributed by atoms with Gasteiger partial charge in [0.25, 0.3) is 0 Å². The molecule has 11 heteroatoms. The van der Waals surface area contributed by atoms with Gasteiger partial charge < -0.3 is 10.2 Å². The van der Waals surface area contributed by atoms with Crippen LogP contribution in [0.3, 0.4) is 0 Å². The van der Waals surface area contributed by atoms with Gasteiger partial charge in [0.15, 0.2) is 21.5 Å². The van der Waals surface area contributed by atoms with Crippen molar-refractivity contribution in [1.82, 2.24) is 14.8 Å². The third-order valence-electron chi connectivity index (χ3n) is 4.83. The summed E-state index contributed by atoms with van der Waals surface area (Å²) in [4.78, 5) is 4.42. The molecule has 0 aliphatic carbocycles. The summed E-state index contributed by atoms with van der Waals surface area (Å²) in [6, 6.07) is 14.4. The number of para-hydroxylation sites is 1. The fraction of sp³-hybridized carbons (Fsp3) is 0.0909. The number of benzene rings is 3. The number of aromatic nitrogens is 3. The predicted molar refractivity (Wildman–Crippen MR) is 114 cm³/mol. The largest absolute Gasteiger partial charge is 0.507 e. The van der Waals surface area contributed by atoms with Crippen LogP contribution < -0.4 is 0 Å². The highest BCUT2D eigenvalue weighted by atomic mass is 32.2. The van der Waals surface area contributed by atoms with E-state index in [0.717, 1.165) is 18.4 Å². The Labute approximate surface area is 186 Å². The van der Waals surface area contributed by atoms with Gasteiger partial charge >= 0.3 is 6.18 Å². The summed E-state index contributed by atoms with van der Waals surface area (Å²) < 4.78 is 63.7. The molecular formula is C22H16F3N3O4S. The average Bonchev–Trinajstić information content (AvgIpc) is 3.17. The summed E-state index contributed by atoms with van der Waals surface area (Å²) >= 11 is 0. The summed E-state index contributed by atoms with van der Waals surface area (Å²) in [6.07, 6.45) is -3.57. The quantitative estimate of drug-likeness (QED) is 0.452. The highest BCUT2D eigenvalue weighted by Gasteiger charge is 2.31. The van der Waals surface area contributed by atoms with Gasteiger partial charge in [-0.15, -0.1) is 5.10 Å². The first-order chi connectivity index (χ1) is 15.4. The van der Waals surface area contributed by atoms with E-state index in [1.54, 1.807) is 18.2 Å². The molecule has 7 nitrogen and oxygen atoms in total. The van der Waals surface area contributed by atoms with Gasteiger partial charge in [0, 0.05) is 6.26 Å². The number of halogens is 3. The standard InChI is InChI=1S/C22H16F3N3O4S/c1-33(31,32)15-9-7-14(8-10-15)28-21(17-4-2-3-5-18(17)29)26-20(27-28)16-11-6-13(12-19(16)30)22(23,24)25/h2-12,29-30H,1H3. The molecule has 1 heterocycles. The molecule has 0 radical (unpaired) electrons. The van der Waals surface area contributed by atoms with E-state index in [4.69, 9.17) is 0 Å². The molecule has 0 saturated carbocycles. The molecule has 0 amide bonds. The minimum absolute atomic E-state index is 0.0498. The summed E-state index contributed by atoms with van der Waals surface area (Å²) in [6.45, 7) is 0. The van der Waals surface area contributed by atoms with Gasteiger partial charge in [-0.3, -0.25) is 0 Å². The molecule has 0 aliphatic rings. The third kappa shape index (κ3) is 4.40. The molecule has 0 aliphatic heterocycles. The Hall–Kier alpha value is -3.86. The van der Waals surface area contributed by atoms with Gasteiger partial charge in [-0.1, -0.05) is 12.1 Å². The van der Waals surface area contributed by atoms with Gasteiger partial charge in [-0.2, -0.15) is 13.2 Å². The smallest absolute Gasteiger partial charge is 0.416 e. The zero-order valence-corrected chi connectivity index (χ0v) is 17.8. The molecule has 4 aromatic rings. The number of nitrogens with zero attached hydrogens (tertiary/aromatic N) is 3. The number of hydrogen-bond donors (Lipinski definition) is 2. The van der Waals surface area contributed by atoms with E-state index in [-0.39, 0.29) is 33.4 Å². The van der Waals surface area contributed by atoms with Gasteiger partial charge in [-0.05, 0) is 54.6 Å². The maximum absolute atomic E-state index is 13.0. The fourth-order valence-electron chi connectivity index (χ4n) is 3.17. The zero-order chi connectivity index (χ0) is 24.0. The van der Waals surface area contributed by atoms with Crippen LogP contribution in [0.2, 0.25) is 0 Å². The molecule has 0 unspecified atom stereocenters. The molecule has 0 bridgehead atoms. The van der Waals surface area contributed by atoms with Crippen molar-refractivity contribution in [3.8, 4) is 40.0 Å². The Morgan fingerprint density at radius 2 is 1.55 bits per heavy atom. The van der Waals surface area contributed by atoms with E-state index in [0.29, 0.717) is 11.8 Å². The molecule has 0 atom stereocenters. The number of phenols is 2. The number of aromatic hydroxyl groups is 2. The molecule has 0 fully saturated rings. The first kappa shape index (κ1) is 22.3. The van der Waals surface area contributed by atoms with Crippen LogP contribution in [-0.4, -0.2) is 39.7 Å². The van der Waals surface area contributed by atoms with Crippen LogP contribution in [-0.2, 0) is 16.0 Å². The first-order valence-electron chi connectivity index (χ1n) is 9.41. The maximum atomic E-state index is 13.0. The Balaban J connectivity index is 1.89. The summed E-state index contributed by atoms with van der Waals surface area (Å²) in [5, 5.41) is 24.9. The summed E-state index contributed by atoms with van der Waals surface area (Å²) in [5.41, 5.74) is -0.424. The van der Waals surface area contributed by atoms with Crippen LogP contribution in [0.5, 0.6) is 11.5 Å². The number of sulfone groups is 1. The van der Waals surface area contributed by atoms with Crippen LogP contribution in [0.1, 0.15) is 5.56 Å². The molecule has 0 saturated heterocycles. The fourth-order valence-corrected chi connectivity index (χ4v) is 3.81. The van der Waals surface area contributed by atoms with Crippen LogP contribution in [0.4, 0.5) is 13.2 Å². The predicted octanol–water partition coefficient (Wildman–Crippen LogP) is 4.43. The van der Waals surface area contributed by atoms with Crippen molar-refractivity contribution < 1.29 is 31.8 Å². The zero-order valence-electron chi connectivity index (χ0n) is 16.9. The van der Waals surface area contributed by atoms with E-state index in [9.17, 15) is 31.8 Å². The van der Waals surface area contributed by atoms with E-state index < -0.39 is 27.3 Å². The molecule has 3 aromatic carbocycles. The summed E-state index contributed by atoms with van der Waals surface area (Å²) in [5.74, 6) is -0.749. The Kier molecular flexibility index (Phi) is 5.36. The minimum Gasteiger partial charge on any atom is -0.507 e. The maximum Gasteiger partial charge on any atom is 0.416 e. The van der Waals surface area contributed by atoms with Crippen molar-refractivity contribution in [2.24, 2.45) is 0 Å². The average molecular weight is 475 g/mol. The van der Waals surface area contributed by atoms with Crippen molar-refractivity contribution in [3.63, 3.8) is 0 Å². The minimum atomic E-state index is -4.63. The lowest BCUT2D eigenvalue weighted by Crippen LogP contribution is -2.04. The van der Waals surface area contributed by atoms with Gasteiger partial charge in [0.2, 0.25) is 0 Å². The normalized spacial score (nSPS) is 12.1. The number of phenolic OH excluding ortho intramolecular Hbond substituents is 2. The van der Waals surface area contributed by atoms with Crippen LogP contribution in [0.15, 0.2) is 71.6 Å². The Morgan fingerprint density at radius 3 is 2.12 bits per heavy atom. The number of alkyl halides is 3.